The number of carbonyl (C=O) groups excluding carboxylic acids is 1. The molecule has 2 aromatic heterocycles. The van der Waals surface area contributed by atoms with Gasteiger partial charge in [0.25, 0.3) is 0 Å². The van der Waals surface area contributed by atoms with Crippen molar-refractivity contribution in [2.45, 2.75) is 25.9 Å². The first-order chi connectivity index (χ1) is 11.9. The van der Waals surface area contributed by atoms with Gasteiger partial charge in [0.15, 0.2) is 0 Å². The number of nitrogens with one attached hydrogen (secondary N) is 1. The van der Waals surface area contributed by atoms with Crippen LogP contribution in [0.5, 0.6) is 0 Å². The van der Waals surface area contributed by atoms with Gasteiger partial charge >= 0.3 is 0 Å². The Hall–Kier alpha value is -2.59. The van der Waals surface area contributed by atoms with E-state index in [-0.39, 0.29) is 17.9 Å². The molecule has 3 heterocycles. The summed E-state index contributed by atoms with van der Waals surface area (Å²) in [6.45, 7) is 3.45. The third-order valence-electron chi connectivity index (χ3n) is 5.24. The summed E-state index contributed by atoms with van der Waals surface area (Å²) in [5, 5.41) is 16.8. The van der Waals surface area contributed by atoms with E-state index in [1.54, 1.807) is 4.68 Å². The third-order valence-corrected chi connectivity index (χ3v) is 5.24. The van der Waals surface area contributed by atoms with E-state index in [0.717, 1.165) is 23.4 Å². The van der Waals surface area contributed by atoms with Crippen molar-refractivity contribution < 1.29 is 4.79 Å². The maximum Gasteiger partial charge on any atom is 0.223 e. The highest BCUT2D eigenvalue weighted by molar-refractivity contribution is 5.79. The van der Waals surface area contributed by atoms with Crippen LogP contribution >= 0.6 is 0 Å². The van der Waals surface area contributed by atoms with Gasteiger partial charge in [-0.2, -0.15) is 10.4 Å². The second kappa shape index (κ2) is 6.73. The molecule has 2 atom stereocenters. The zero-order valence-corrected chi connectivity index (χ0v) is 15.2. The van der Waals surface area contributed by atoms with Crippen molar-refractivity contribution in [1.82, 2.24) is 24.6 Å². The number of rotatable bonds is 5. The average molecular weight is 340 g/mol. The Bertz CT molecular complexity index is 827. The minimum absolute atomic E-state index is 0.0558. The largest absolute Gasteiger partial charge is 0.340 e. The van der Waals surface area contributed by atoms with Crippen LogP contribution in [-0.4, -0.2) is 38.7 Å². The van der Waals surface area contributed by atoms with Gasteiger partial charge in [-0.25, -0.2) is 0 Å². The summed E-state index contributed by atoms with van der Waals surface area (Å²) >= 11 is 0. The van der Waals surface area contributed by atoms with E-state index in [4.69, 9.17) is 5.26 Å². The molecule has 0 radical (unpaired) electrons. The summed E-state index contributed by atoms with van der Waals surface area (Å²) in [6, 6.07) is 4.18. The number of hydrogen-bond donors (Lipinski definition) is 1. The monoisotopic (exact) mass is 340 g/mol. The number of aromatic nitrogens is 3. The molecule has 7 nitrogen and oxygen atoms in total. The molecule has 1 fully saturated rings. The van der Waals surface area contributed by atoms with Crippen molar-refractivity contribution in [2.24, 2.45) is 20.0 Å². The summed E-state index contributed by atoms with van der Waals surface area (Å²) in [6.07, 6.45) is 4.36. The summed E-state index contributed by atoms with van der Waals surface area (Å²) < 4.78 is 3.68. The Labute approximate surface area is 147 Å². The van der Waals surface area contributed by atoms with Crippen LogP contribution in [0.1, 0.15) is 35.0 Å². The molecule has 132 valence electrons. The van der Waals surface area contributed by atoms with Gasteiger partial charge in [-0.3, -0.25) is 9.48 Å². The molecule has 1 aliphatic rings. The molecule has 1 amide bonds. The molecule has 0 saturated carbocycles. The first-order valence-corrected chi connectivity index (χ1v) is 8.42. The second-order valence-electron chi connectivity index (χ2n) is 6.80. The molecule has 0 unspecified atom stereocenters. The Kier molecular flexibility index (Phi) is 4.64. The fourth-order valence-corrected chi connectivity index (χ4v) is 3.66. The zero-order valence-electron chi connectivity index (χ0n) is 15.2. The number of nitriles is 1. The van der Waals surface area contributed by atoms with Crippen LogP contribution in [0.15, 0.2) is 18.5 Å². The normalized spacial score (nSPS) is 20.3. The van der Waals surface area contributed by atoms with E-state index in [0.29, 0.717) is 18.7 Å². The molecule has 7 heteroatoms. The topological polar surface area (TPSA) is 78.9 Å². The maximum atomic E-state index is 12.2. The van der Waals surface area contributed by atoms with E-state index in [1.807, 2.05) is 56.0 Å². The number of aryl methyl sites for hydroxylation is 1. The van der Waals surface area contributed by atoms with Gasteiger partial charge in [-0.15, -0.1) is 0 Å². The highest BCUT2D eigenvalue weighted by Crippen LogP contribution is 2.36. The molecular formula is C18H24N6O. The average Bonchev–Trinajstić information content (AvgIpc) is 3.20. The van der Waals surface area contributed by atoms with Crippen LogP contribution < -0.4 is 5.32 Å². The minimum Gasteiger partial charge on any atom is -0.340 e. The second-order valence-corrected chi connectivity index (χ2v) is 6.80. The first-order valence-electron chi connectivity index (χ1n) is 8.42. The van der Waals surface area contributed by atoms with E-state index in [2.05, 4.69) is 16.5 Å². The number of likely N-dealkylation sites (tertiary alicyclic amines) is 1. The molecule has 25 heavy (non-hydrogen) atoms. The molecule has 1 saturated heterocycles. The molecule has 2 aromatic rings. The zero-order chi connectivity index (χ0) is 18.1. The lowest BCUT2D eigenvalue weighted by Gasteiger charge is -2.24. The smallest absolute Gasteiger partial charge is 0.223 e. The number of nitrogens with zero attached hydrogens (tertiary/aromatic N) is 5. The Balaban J connectivity index is 1.68. The van der Waals surface area contributed by atoms with Gasteiger partial charge < -0.3 is 14.8 Å². The van der Waals surface area contributed by atoms with Crippen LogP contribution in [0.4, 0.5) is 0 Å². The molecule has 3 rings (SSSR count). The van der Waals surface area contributed by atoms with Crippen molar-refractivity contribution in [3.63, 3.8) is 0 Å². The highest BCUT2D eigenvalue weighted by atomic mass is 16.2. The Morgan fingerprint density at radius 2 is 2.16 bits per heavy atom. The van der Waals surface area contributed by atoms with E-state index in [1.165, 1.54) is 0 Å². The summed E-state index contributed by atoms with van der Waals surface area (Å²) in [7, 11) is 5.65. The lowest BCUT2D eigenvalue weighted by atomic mass is 9.95. The molecule has 0 spiro atoms. The van der Waals surface area contributed by atoms with Crippen molar-refractivity contribution in [2.75, 3.05) is 13.6 Å². The van der Waals surface area contributed by atoms with Crippen LogP contribution in [0, 0.1) is 24.2 Å². The molecule has 1 aliphatic heterocycles. The van der Waals surface area contributed by atoms with Gasteiger partial charge in [-0.1, -0.05) is 0 Å². The first kappa shape index (κ1) is 17.2. The summed E-state index contributed by atoms with van der Waals surface area (Å²) in [4.78, 5) is 14.0. The highest BCUT2D eigenvalue weighted by Gasteiger charge is 2.38. The molecule has 0 aromatic carbocycles. The van der Waals surface area contributed by atoms with Gasteiger partial charge in [0, 0.05) is 64.0 Å². The van der Waals surface area contributed by atoms with Crippen molar-refractivity contribution in [3.8, 4) is 6.07 Å². The van der Waals surface area contributed by atoms with Crippen molar-refractivity contribution >= 4 is 5.91 Å². The van der Waals surface area contributed by atoms with Crippen LogP contribution in [0.3, 0.4) is 0 Å². The van der Waals surface area contributed by atoms with Crippen molar-refractivity contribution in [1.29, 1.82) is 5.26 Å². The predicted molar refractivity (Wildman–Crippen MR) is 93.4 cm³/mol. The third kappa shape index (κ3) is 3.17. The standard InChI is InChI=1S/C18H24N6O/c1-12-13(5-16(7-19)23(12)3)8-20-9-14-6-17(25)24(4)18(14)15-10-21-22(2)11-15/h5,10-11,14,18,20H,6,8-9H2,1-4H3/t14-,18+/m0/s1. The molecular weight excluding hydrogens is 316 g/mol. The van der Waals surface area contributed by atoms with Crippen molar-refractivity contribution in [3.05, 3.63) is 41.0 Å². The van der Waals surface area contributed by atoms with Crippen LogP contribution in [0.2, 0.25) is 0 Å². The summed E-state index contributed by atoms with van der Waals surface area (Å²) in [5.74, 6) is 0.379. The number of hydrogen-bond acceptors (Lipinski definition) is 4. The number of amides is 1. The van der Waals surface area contributed by atoms with E-state index >= 15 is 0 Å². The Morgan fingerprint density at radius 3 is 2.76 bits per heavy atom. The molecule has 0 bridgehead atoms. The van der Waals surface area contributed by atoms with Gasteiger partial charge in [0.1, 0.15) is 11.8 Å². The SMILES string of the molecule is Cc1c(CNC[C@@H]2CC(=O)N(C)[C@H]2c2cnn(C)c2)cc(C#N)n1C. The van der Waals surface area contributed by atoms with Crippen LogP contribution in [0.25, 0.3) is 0 Å². The molecule has 0 aliphatic carbocycles. The minimum atomic E-state index is 0.0558. The van der Waals surface area contributed by atoms with Gasteiger partial charge in [-0.05, 0) is 18.6 Å². The quantitative estimate of drug-likeness (QED) is 0.888. The summed E-state index contributed by atoms with van der Waals surface area (Å²) in [5.41, 5.74) is 3.95. The molecule has 1 N–H and O–H groups in total. The van der Waals surface area contributed by atoms with Crippen LogP contribution in [-0.2, 0) is 25.4 Å². The van der Waals surface area contributed by atoms with E-state index < -0.39 is 0 Å². The van der Waals surface area contributed by atoms with E-state index in [9.17, 15) is 4.79 Å². The lowest BCUT2D eigenvalue weighted by Crippen LogP contribution is -2.29. The maximum absolute atomic E-state index is 12.2. The fourth-order valence-electron chi connectivity index (χ4n) is 3.66. The fraction of sp³-hybridized carbons (Fsp3) is 0.500. The van der Waals surface area contributed by atoms with Gasteiger partial charge in [0.2, 0.25) is 5.91 Å². The van der Waals surface area contributed by atoms with Gasteiger partial charge in [0.05, 0.1) is 12.2 Å². The number of carbonyl (C=O) groups is 1. The predicted octanol–water partition coefficient (Wildman–Crippen LogP) is 1.25. The lowest BCUT2D eigenvalue weighted by molar-refractivity contribution is -0.127. The Morgan fingerprint density at radius 1 is 1.40 bits per heavy atom.